The molecule has 10 N–H and O–H groups in total. The normalized spacial score (nSPS) is 25.1. The number of likely N-dealkylation sites (N-methyl/N-ethyl adjacent to an activating group) is 5. The molecular formula is C101H148F3N9O18. The molecule has 6 fully saturated rings. The highest BCUT2D eigenvalue weighted by Gasteiger charge is 2.65. The van der Waals surface area contributed by atoms with E-state index in [-0.39, 0.29) is 85.8 Å². The fourth-order valence-electron chi connectivity index (χ4n) is 10.7. The molecule has 0 radical (unpaired) electrons. The maximum Gasteiger partial charge on any atom is 0.313 e. The van der Waals surface area contributed by atoms with Crippen LogP contribution in [0.5, 0.6) is 0 Å². The Morgan fingerprint density at radius 1 is 0.420 bits per heavy atom. The lowest BCUT2D eigenvalue weighted by atomic mass is 9.90. The number of amides is 5. The number of azo groups is 1. The van der Waals surface area contributed by atoms with Gasteiger partial charge in [0.25, 0.3) is 35.1 Å². The van der Waals surface area contributed by atoms with Crippen molar-refractivity contribution >= 4 is 35.3 Å². The summed E-state index contributed by atoms with van der Waals surface area (Å²) in [6, 6.07) is 0. The number of piperidine rings is 1. The Balaban J connectivity index is 0.000000737. The van der Waals surface area contributed by atoms with Crippen molar-refractivity contribution in [3.8, 4) is 107 Å². The van der Waals surface area contributed by atoms with Gasteiger partial charge in [-0.1, -0.05) is 107 Å². The molecule has 9 rings (SSSR count). The number of aryl methyl sites for hydroxylation is 1. The van der Waals surface area contributed by atoms with Gasteiger partial charge in [-0.25, -0.2) is 14.4 Å². The maximum absolute atomic E-state index is 13.5. The topological polar surface area (TPSA) is 398 Å². The van der Waals surface area contributed by atoms with Gasteiger partial charge in [-0.05, 0) is 246 Å². The van der Waals surface area contributed by atoms with Gasteiger partial charge >= 0.3 is 5.92 Å². The number of alkyl halides is 3. The molecule has 1 saturated carbocycles. The van der Waals surface area contributed by atoms with Crippen LogP contribution in [0, 0.1) is 162 Å². The molecule has 5 amide bonds. The third-order valence-corrected chi connectivity index (χ3v) is 18.2. The monoisotopic (exact) mass is 1830 g/mol. The van der Waals surface area contributed by atoms with Crippen molar-refractivity contribution in [1.82, 2.24) is 34.5 Å². The van der Waals surface area contributed by atoms with Crippen molar-refractivity contribution in [1.29, 1.82) is 0 Å². The Morgan fingerprint density at radius 3 is 1.12 bits per heavy atom. The number of carbonyl (C=O) groups is 6. The number of ketones is 1. The number of aliphatic hydroxyl groups is 10. The van der Waals surface area contributed by atoms with E-state index in [1.165, 1.54) is 43.4 Å². The van der Waals surface area contributed by atoms with Gasteiger partial charge in [-0.15, -0.1) is 0 Å². The molecule has 2 aromatic heterocycles. The molecule has 30 heteroatoms. The molecule has 0 aromatic carbocycles. The second-order valence-corrected chi connectivity index (χ2v) is 43.5. The second-order valence-electron chi connectivity index (χ2n) is 43.5. The van der Waals surface area contributed by atoms with E-state index in [0.717, 1.165) is 22.6 Å². The van der Waals surface area contributed by atoms with Crippen LogP contribution in [0.4, 0.5) is 13.2 Å². The van der Waals surface area contributed by atoms with E-state index in [2.05, 4.69) is 121 Å². The average Bonchev–Trinajstić information content (AvgIpc) is 1.58. The molecule has 11 atom stereocenters. The molecule has 5 saturated heterocycles. The van der Waals surface area contributed by atoms with Gasteiger partial charge in [-0.3, -0.25) is 28.8 Å². The Labute approximate surface area is 777 Å². The molecule has 8 heterocycles. The van der Waals surface area contributed by atoms with Crippen LogP contribution in [-0.4, -0.2) is 253 Å². The molecular weight excluding hydrogens is 1680 g/mol. The van der Waals surface area contributed by atoms with Crippen LogP contribution in [0.1, 0.15) is 264 Å². The molecule has 6 aliphatic heterocycles. The number of aliphatic hydroxyl groups excluding tert-OH is 1. The first-order valence-corrected chi connectivity index (χ1v) is 43.3. The maximum atomic E-state index is 13.5. The minimum Gasteiger partial charge on any atom is -0.445 e. The molecule has 0 bridgehead atoms. The lowest BCUT2D eigenvalue weighted by Crippen LogP contribution is -2.51. The molecule has 11 unspecified atom stereocenters. The van der Waals surface area contributed by atoms with Crippen molar-refractivity contribution in [3.05, 3.63) is 48.0 Å². The summed E-state index contributed by atoms with van der Waals surface area (Å²) in [6.07, 6.45) is 6.88. The SMILES string of the molecule is CC(C)(C)C#CC(C)(O)C1=CCN=N1.CC(C)(C)C#CC(C)(O)c1ncco1.CC(C)(C)C#CC1(O)CCCC1=O.CN1CC(F)(F)C(O)(C#CC(C)(C)C)C1=O.CN1CC(F)C(O)(C#CC(C)(C)C)C1=O.CN1CC(O)C(O)(C#CC(C)(C)C)C1=O.CN1CCC(O)(C#CC(C)(C)C)C1=O.CN1CCCC(O)(C#CC(C)(C)C)C1=O.Cc1cnc(C(C)(O)C#CC(C)(C)C)o1. The van der Waals surface area contributed by atoms with E-state index in [9.17, 15) is 93.0 Å². The van der Waals surface area contributed by atoms with Gasteiger partial charge in [0.2, 0.25) is 34.2 Å². The molecule has 27 nitrogen and oxygen atoms in total. The molecule has 131 heavy (non-hydrogen) atoms. The second kappa shape index (κ2) is 44.8. The number of β-amino-alcohol motifs (C(OH)–C–C–N with tert-alkyl or cyclic N) is 1. The van der Waals surface area contributed by atoms with Gasteiger partial charge in [0.05, 0.1) is 38.6 Å². The van der Waals surface area contributed by atoms with E-state index < -0.39 is 98.3 Å². The van der Waals surface area contributed by atoms with Gasteiger partial charge in [0, 0.05) is 110 Å². The number of hydrogen-bond acceptors (Lipinski definition) is 22. The summed E-state index contributed by atoms with van der Waals surface area (Å²) in [5, 5.41) is 106. The van der Waals surface area contributed by atoms with Crippen molar-refractivity contribution in [2.24, 2.45) is 59.0 Å². The van der Waals surface area contributed by atoms with Crippen molar-refractivity contribution in [2.75, 3.05) is 74.5 Å². The summed E-state index contributed by atoms with van der Waals surface area (Å²) >= 11 is 0. The lowest BCUT2D eigenvalue weighted by Gasteiger charge is -2.32. The molecule has 726 valence electrons. The van der Waals surface area contributed by atoms with E-state index >= 15 is 0 Å². The first-order valence-electron chi connectivity index (χ1n) is 43.3. The molecule has 7 aliphatic rings. The Kier molecular flexibility index (Phi) is 40.8. The minimum atomic E-state index is -3.53. The fourth-order valence-corrected chi connectivity index (χ4v) is 10.7. The van der Waals surface area contributed by atoms with Crippen LogP contribution in [0.25, 0.3) is 0 Å². The number of oxazole rings is 2. The number of hydrogen-bond donors (Lipinski definition) is 10. The van der Waals surface area contributed by atoms with Crippen molar-refractivity contribution in [2.45, 2.75) is 322 Å². The van der Waals surface area contributed by atoms with Crippen LogP contribution in [0.3, 0.4) is 0 Å². The van der Waals surface area contributed by atoms with Crippen LogP contribution in [0.2, 0.25) is 0 Å². The standard InChI is InChI=1S/C12H17NO2.C12H19NO2.C11H15F2NO2.C11H16FNO2.C11H16N2O.C11H17NO3.C11H17NO2.C11H15NO2.C11H16O2/c1-9-8-13-10(15-9)12(5,14)7-6-11(2,3)4;1-11(2,3)7-8-12(15)6-5-9-13(4)10(12)14;1-9(2,3)5-6-10(16)8(15)14(4)7-11(10,12)13;1-10(2,3)5-6-11(15)8(12)7-13(4)9(11)14;1-10(2,3)6-7-11(4,14)9-5-8-12-13-9;1-10(2,3)5-6-11(15)8(13)7-12(4)9(11)14;1-10(2,3)5-6-11(14)7-8-12(4)9(11)13;1-10(2,3)5-6-11(4,13)9-12-7-8-14-9;1-10(2,3)7-8-11(13)6-4-5-9(11)12/h8,14H,1-5H3;15H,5-6,9H2,1-4H3;16H,7H2,1-4H3;8,15H,7H2,1-4H3;5,14H,8H2,1-4H3;8,13,15H,7H2,1-4H3;14H,7-8H2,1-4H3;7-8,13H,1-4H3;13H,4-6H2,1-3H3. The van der Waals surface area contributed by atoms with E-state index in [1.807, 2.05) is 172 Å². The number of halogens is 3. The van der Waals surface area contributed by atoms with Gasteiger partial charge < -0.3 is 84.4 Å². The number of aromatic nitrogens is 2. The fraction of sp³-hybridized carbons (Fsp3) is 0.683. The quantitative estimate of drug-likeness (QED) is 0.128. The predicted molar refractivity (Wildman–Crippen MR) is 497 cm³/mol. The van der Waals surface area contributed by atoms with Gasteiger partial charge in [-0.2, -0.15) is 19.0 Å². The largest absolute Gasteiger partial charge is 0.445 e. The van der Waals surface area contributed by atoms with E-state index in [4.69, 9.17) is 8.83 Å². The van der Waals surface area contributed by atoms with Crippen LogP contribution in [0.15, 0.2) is 49.5 Å². The zero-order valence-electron chi connectivity index (χ0n) is 84.3. The summed E-state index contributed by atoms with van der Waals surface area (Å²) in [5.41, 5.74) is -16.6. The van der Waals surface area contributed by atoms with E-state index in [1.54, 1.807) is 79.7 Å². The Morgan fingerprint density at radius 2 is 0.794 bits per heavy atom. The highest BCUT2D eigenvalue weighted by atomic mass is 19.3. The van der Waals surface area contributed by atoms with Crippen LogP contribution in [-0.2, 0) is 40.0 Å². The first-order chi connectivity index (χ1) is 58.5. The summed E-state index contributed by atoms with van der Waals surface area (Å²) in [7, 11) is 7.57. The van der Waals surface area contributed by atoms with E-state index in [0.29, 0.717) is 56.8 Å². The van der Waals surface area contributed by atoms with Crippen molar-refractivity contribution < 1.29 is 102 Å². The number of nitrogens with zero attached hydrogens (tertiary/aromatic N) is 9. The molecule has 2 aromatic rings. The van der Waals surface area contributed by atoms with Crippen molar-refractivity contribution in [3.63, 3.8) is 0 Å². The third kappa shape index (κ3) is 40.3. The van der Waals surface area contributed by atoms with Gasteiger partial charge in [0.1, 0.15) is 23.8 Å². The Hall–Kier alpha value is -9.79. The molecule has 0 spiro atoms. The van der Waals surface area contributed by atoms with Crippen LogP contribution < -0.4 is 0 Å². The summed E-state index contributed by atoms with van der Waals surface area (Å²) in [6.45, 7) is 59.4. The number of rotatable bonds is 3. The zero-order chi connectivity index (χ0) is 103. The smallest absolute Gasteiger partial charge is 0.313 e. The minimum absolute atomic E-state index is 0.103. The summed E-state index contributed by atoms with van der Waals surface area (Å²) < 4.78 is 50.6. The third-order valence-electron chi connectivity index (χ3n) is 18.2. The molecule has 1 aliphatic carbocycles. The number of Topliss-reactive ketones (excluding diaryl/α,β-unsaturated/α-hetero) is 1. The average molecular weight is 1830 g/mol. The first kappa shape index (κ1) is 119. The number of likely N-dealkylation sites (tertiary alicyclic amines) is 5. The number of carbonyl (C=O) groups excluding carboxylic acids is 6. The Bertz CT molecular complexity index is 4930. The lowest BCUT2D eigenvalue weighted by molar-refractivity contribution is -0.153. The summed E-state index contributed by atoms with van der Waals surface area (Å²) in [4.78, 5) is 83.1. The summed E-state index contributed by atoms with van der Waals surface area (Å²) in [5.74, 6) is 43.7. The van der Waals surface area contributed by atoms with Crippen LogP contribution >= 0.6 is 0 Å². The zero-order valence-corrected chi connectivity index (χ0v) is 84.3. The highest BCUT2D eigenvalue weighted by molar-refractivity contribution is 5.94. The predicted octanol–water partition coefficient (Wildman–Crippen LogP) is 10.5. The highest BCUT2D eigenvalue weighted by Crippen LogP contribution is 2.38. The van der Waals surface area contributed by atoms with Gasteiger partial charge in [0.15, 0.2) is 34.4 Å².